The van der Waals surface area contributed by atoms with Crippen LogP contribution in [0.1, 0.15) is 94.3 Å². The molecule has 3 aliphatic rings. The SMILES string of the molecule is CCCCNc1ncc2c(-c3ccc(CN4CCN(CCCOCCCc5ccc6c(c5)n(C)c(=O)n6[C@H]5CCC(=O)NC5=O)CC4)cc3)cn([C@H]3CC[C@H](O)CC3)c2n1. The first-order valence-electron chi connectivity index (χ1n) is 22.2. The summed E-state index contributed by atoms with van der Waals surface area (Å²) in [6.45, 7) is 10.6. The van der Waals surface area contributed by atoms with Gasteiger partial charge in [-0.2, -0.15) is 4.98 Å². The van der Waals surface area contributed by atoms with Gasteiger partial charge in [-0.05, 0) is 86.6 Å². The number of fused-ring (bicyclic) bond motifs is 2. The number of nitrogens with one attached hydrogen (secondary N) is 2. The monoisotopic (exact) mass is 819 g/mol. The van der Waals surface area contributed by atoms with Gasteiger partial charge in [0.05, 0.1) is 17.1 Å². The van der Waals surface area contributed by atoms with Crippen LogP contribution in [-0.2, 0) is 34.3 Å². The number of anilines is 1. The number of imidazole rings is 1. The van der Waals surface area contributed by atoms with Gasteiger partial charge in [0.15, 0.2) is 0 Å². The molecule has 0 radical (unpaired) electrons. The van der Waals surface area contributed by atoms with Crippen molar-refractivity contribution >= 4 is 39.8 Å². The number of nitrogens with zero attached hydrogens (tertiary/aromatic N) is 7. The fraction of sp³-hybridized carbons (Fsp3) is 0.543. The van der Waals surface area contributed by atoms with Gasteiger partial charge < -0.3 is 24.6 Å². The molecule has 8 rings (SSSR count). The molecule has 5 aromatic rings. The van der Waals surface area contributed by atoms with Gasteiger partial charge in [0, 0.05) is 102 Å². The van der Waals surface area contributed by atoms with Gasteiger partial charge in [-0.3, -0.25) is 28.9 Å². The molecule has 3 fully saturated rings. The highest BCUT2D eigenvalue weighted by Crippen LogP contribution is 2.37. The minimum atomic E-state index is -0.675. The summed E-state index contributed by atoms with van der Waals surface area (Å²) in [6.07, 6.45) is 13.1. The Bertz CT molecular complexity index is 2320. The molecule has 0 unspecified atom stereocenters. The topological polar surface area (TPSA) is 152 Å². The van der Waals surface area contributed by atoms with Gasteiger partial charge in [0.1, 0.15) is 11.7 Å². The van der Waals surface area contributed by atoms with Crippen LogP contribution in [0, 0.1) is 0 Å². The number of carbonyl (C=O) groups is 2. The molecule has 2 aromatic carbocycles. The number of piperazine rings is 1. The summed E-state index contributed by atoms with van der Waals surface area (Å²) in [7, 11) is 1.73. The van der Waals surface area contributed by atoms with Crippen LogP contribution in [0.5, 0.6) is 0 Å². The molecule has 14 heteroatoms. The first kappa shape index (κ1) is 41.8. The second-order valence-electron chi connectivity index (χ2n) is 17.0. The van der Waals surface area contributed by atoms with E-state index in [0.717, 1.165) is 138 Å². The molecule has 5 heterocycles. The zero-order valence-corrected chi connectivity index (χ0v) is 35.3. The fourth-order valence-corrected chi connectivity index (χ4v) is 9.22. The first-order chi connectivity index (χ1) is 29.2. The summed E-state index contributed by atoms with van der Waals surface area (Å²) >= 11 is 0. The number of piperidine rings is 1. The summed E-state index contributed by atoms with van der Waals surface area (Å²) in [5.74, 6) is -0.0306. The number of aliphatic hydroxyl groups excluding tert-OH is 1. The molecule has 1 saturated carbocycles. The Morgan fingerprint density at radius 2 is 1.63 bits per heavy atom. The molecule has 2 saturated heterocycles. The molecule has 1 atom stereocenters. The number of aromatic nitrogens is 5. The van der Waals surface area contributed by atoms with E-state index in [4.69, 9.17) is 14.7 Å². The Labute approximate surface area is 351 Å². The maximum atomic E-state index is 13.1. The number of amides is 2. The summed E-state index contributed by atoms with van der Waals surface area (Å²) in [4.78, 5) is 52.0. The fourth-order valence-electron chi connectivity index (χ4n) is 9.22. The number of benzene rings is 2. The summed E-state index contributed by atoms with van der Waals surface area (Å²) < 4.78 is 11.5. The number of aryl methyl sites for hydroxylation is 2. The molecule has 1 aliphatic carbocycles. The molecule has 3 N–H and O–H groups in total. The standard InChI is InChI=1S/C46H61N9O5/c1-3-4-20-47-45-48-29-37-38(31-54(43(37)50-45)35-13-15-36(56)16-14-35)34-11-8-33(9-12-34)30-53-24-22-52(23-25-53)21-6-27-60-26-5-7-32-10-17-39-41(28-32)51(2)46(59)55(39)40-18-19-42(57)49-44(40)58/h8-12,17,28-29,31,35-36,40,56H,3-7,13-16,18-27,30H2,1-2H3,(H,47,48,50)(H,49,57,58)/t35-,36-,40-/m0/s1. The number of aliphatic hydroxyl groups is 1. The molecule has 2 amide bonds. The lowest BCUT2D eigenvalue weighted by Gasteiger charge is -2.34. The molecule has 14 nitrogen and oxygen atoms in total. The van der Waals surface area contributed by atoms with E-state index in [0.29, 0.717) is 30.5 Å². The third kappa shape index (κ3) is 9.52. The number of carbonyl (C=O) groups excluding carboxylic acids is 2. The van der Waals surface area contributed by atoms with Crippen LogP contribution < -0.4 is 16.3 Å². The van der Waals surface area contributed by atoms with Gasteiger partial charge in [-0.15, -0.1) is 0 Å². The van der Waals surface area contributed by atoms with Crippen LogP contribution in [0.3, 0.4) is 0 Å². The minimum Gasteiger partial charge on any atom is -0.393 e. The van der Waals surface area contributed by atoms with E-state index >= 15 is 0 Å². The van der Waals surface area contributed by atoms with Crippen molar-refractivity contribution in [3.05, 3.63) is 76.5 Å². The van der Waals surface area contributed by atoms with Gasteiger partial charge in [0.25, 0.3) is 0 Å². The van der Waals surface area contributed by atoms with Crippen molar-refractivity contribution in [1.82, 2.24) is 38.8 Å². The number of ether oxygens (including phenoxy) is 1. The normalized spacial score (nSPS) is 20.6. The number of hydrogen-bond acceptors (Lipinski definition) is 10. The lowest BCUT2D eigenvalue weighted by atomic mass is 9.93. The largest absolute Gasteiger partial charge is 0.393 e. The number of rotatable bonds is 17. The average Bonchev–Trinajstić information content (AvgIpc) is 3.75. The minimum absolute atomic E-state index is 0.199. The summed E-state index contributed by atoms with van der Waals surface area (Å²) in [5, 5.41) is 17.0. The van der Waals surface area contributed by atoms with Crippen molar-refractivity contribution in [1.29, 1.82) is 0 Å². The Hall–Kier alpha value is -4.89. The third-order valence-electron chi connectivity index (χ3n) is 12.8. The van der Waals surface area contributed by atoms with E-state index in [9.17, 15) is 19.5 Å². The van der Waals surface area contributed by atoms with Crippen molar-refractivity contribution in [3.63, 3.8) is 0 Å². The van der Waals surface area contributed by atoms with Crippen molar-refractivity contribution in [3.8, 4) is 11.1 Å². The smallest absolute Gasteiger partial charge is 0.329 e. The summed E-state index contributed by atoms with van der Waals surface area (Å²) in [5.41, 5.74) is 6.99. The molecule has 60 heavy (non-hydrogen) atoms. The van der Waals surface area contributed by atoms with Crippen molar-refractivity contribution < 1.29 is 19.4 Å². The number of hydrogen-bond donors (Lipinski definition) is 3. The highest BCUT2D eigenvalue weighted by Gasteiger charge is 2.31. The van der Waals surface area contributed by atoms with Gasteiger partial charge in [-0.25, -0.2) is 9.78 Å². The maximum absolute atomic E-state index is 13.1. The van der Waals surface area contributed by atoms with E-state index in [-0.39, 0.29) is 24.1 Å². The van der Waals surface area contributed by atoms with Crippen LogP contribution in [0.15, 0.2) is 59.7 Å². The van der Waals surface area contributed by atoms with Crippen LogP contribution in [0.25, 0.3) is 33.2 Å². The zero-order valence-electron chi connectivity index (χ0n) is 35.3. The van der Waals surface area contributed by atoms with Crippen molar-refractivity contribution in [2.45, 2.75) is 102 Å². The highest BCUT2D eigenvalue weighted by molar-refractivity contribution is 6.00. The molecule has 3 aromatic heterocycles. The number of imide groups is 1. The Morgan fingerprint density at radius 1 is 0.883 bits per heavy atom. The Balaban J connectivity index is 0.766. The average molecular weight is 820 g/mol. The Kier molecular flexibility index (Phi) is 13.4. The highest BCUT2D eigenvalue weighted by atomic mass is 16.5. The molecule has 2 aliphatic heterocycles. The third-order valence-corrected chi connectivity index (χ3v) is 12.8. The Morgan fingerprint density at radius 3 is 2.40 bits per heavy atom. The van der Waals surface area contributed by atoms with Crippen molar-refractivity contribution in [2.75, 3.05) is 57.8 Å². The molecule has 0 spiro atoms. The van der Waals surface area contributed by atoms with Gasteiger partial charge >= 0.3 is 5.69 Å². The van der Waals surface area contributed by atoms with Crippen molar-refractivity contribution in [2.24, 2.45) is 7.05 Å². The summed E-state index contributed by atoms with van der Waals surface area (Å²) in [6, 6.07) is 14.6. The zero-order chi connectivity index (χ0) is 41.6. The quantitative estimate of drug-likeness (QED) is 0.0802. The lowest BCUT2D eigenvalue weighted by molar-refractivity contribution is -0.135. The predicted octanol–water partition coefficient (Wildman–Crippen LogP) is 5.57. The van der Waals surface area contributed by atoms with Gasteiger partial charge in [0.2, 0.25) is 17.8 Å². The molecule has 320 valence electrons. The first-order valence-corrected chi connectivity index (χ1v) is 22.2. The second-order valence-corrected chi connectivity index (χ2v) is 17.0. The second kappa shape index (κ2) is 19.2. The van der Waals surface area contributed by atoms with E-state index in [1.807, 2.05) is 24.4 Å². The maximum Gasteiger partial charge on any atom is 0.329 e. The number of unbranched alkanes of at least 4 members (excludes halogenated alkanes) is 1. The molecular weight excluding hydrogens is 759 g/mol. The van der Waals surface area contributed by atoms with Crippen LogP contribution in [-0.4, -0.2) is 109 Å². The lowest BCUT2D eigenvalue weighted by Crippen LogP contribution is -2.46. The van der Waals surface area contributed by atoms with E-state index in [2.05, 4.69) is 62.4 Å². The molecule has 0 bridgehead atoms. The van der Waals surface area contributed by atoms with Crippen LogP contribution in [0.4, 0.5) is 5.95 Å². The predicted molar refractivity (Wildman–Crippen MR) is 234 cm³/mol. The van der Waals surface area contributed by atoms with E-state index < -0.39 is 11.9 Å². The molecular formula is C46H61N9O5. The van der Waals surface area contributed by atoms with E-state index in [1.54, 1.807) is 11.6 Å². The van der Waals surface area contributed by atoms with Crippen LogP contribution >= 0.6 is 0 Å². The van der Waals surface area contributed by atoms with Crippen LogP contribution in [0.2, 0.25) is 0 Å². The van der Waals surface area contributed by atoms with E-state index in [1.165, 1.54) is 15.7 Å². The van der Waals surface area contributed by atoms with Gasteiger partial charge in [-0.1, -0.05) is 43.7 Å².